The molecule has 0 radical (unpaired) electrons. The van der Waals surface area contributed by atoms with Crippen molar-refractivity contribution in [1.29, 1.82) is 5.26 Å². The lowest BCUT2D eigenvalue weighted by Crippen LogP contribution is -2.23. The predicted octanol–water partition coefficient (Wildman–Crippen LogP) is 2.80. The zero-order valence-electron chi connectivity index (χ0n) is 12.3. The number of ether oxygens (including phenoxy) is 1. The van der Waals surface area contributed by atoms with Crippen molar-refractivity contribution in [2.24, 2.45) is 5.92 Å². The van der Waals surface area contributed by atoms with Crippen LogP contribution in [-0.2, 0) is 11.2 Å². The van der Waals surface area contributed by atoms with Crippen molar-refractivity contribution in [3.05, 3.63) is 54.2 Å². The minimum Gasteiger partial charge on any atom is -0.494 e. The summed E-state index contributed by atoms with van der Waals surface area (Å²) in [4.78, 5) is 16.1. The largest absolute Gasteiger partial charge is 0.494 e. The van der Waals surface area contributed by atoms with E-state index in [0.29, 0.717) is 18.8 Å². The third kappa shape index (κ3) is 4.32. The first-order valence-electron chi connectivity index (χ1n) is 7.06. The molecule has 0 aliphatic heterocycles. The number of carbonyl (C=O) groups excluding carboxylic acids is 1. The van der Waals surface area contributed by atoms with Crippen LogP contribution in [0.3, 0.4) is 0 Å². The maximum atomic E-state index is 12.1. The molecule has 1 N–H and O–H groups in total. The van der Waals surface area contributed by atoms with Gasteiger partial charge in [-0.05, 0) is 43.2 Å². The smallest absolute Gasteiger partial charge is 0.243 e. The second kappa shape index (κ2) is 7.79. The van der Waals surface area contributed by atoms with E-state index >= 15 is 0 Å². The summed E-state index contributed by atoms with van der Waals surface area (Å²) < 4.78 is 5.37. The van der Waals surface area contributed by atoms with E-state index in [1.165, 1.54) is 0 Å². The first-order chi connectivity index (χ1) is 10.7. The van der Waals surface area contributed by atoms with E-state index in [1.807, 2.05) is 37.3 Å². The first-order valence-corrected chi connectivity index (χ1v) is 7.06. The molecule has 2 aromatic rings. The zero-order chi connectivity index (χ0) is 15.8. The molecule has 5 nitrogen and oxygen atoms in total. The van der Waals surface area contributed by atoms with Gasteiger partial charge in [-0.3, -0.25) is 4.79 Å². The number of hydrogen-bond acceptors (Lipinski definition) is 4. The fourth-order valence-corrected chi connectivity index (χ4v) is 1.97. The molecule has 5 heteroatoms. The van der Waals surface area contributed by atoms with E-state index < -0.39 is 5.92 Å². The van der Waals surface area contributed by atoms with Crippen molar-refractivity contribution in [2.45, 2.75) is 13.3 Å². The summed E-state index contributed by atoms with van der Waals surface area (Å²) in [6.45, 7) is 2.52. The highest BCUT2D eigenvalue weighted by Crippen LogP contribution is 2.16. The zero-order valence-corrected chi connectivity index (χ0v) is 12.3. The van der Waals surface area contributed by atoms with Gasteiger partial charge in [0.15, 0.2) is 0 Å². The predicted molar refractivity (Wildman–Crippen MR) is 83.3 cm³/mol. The number of carbonyl (C=O) groups is 1. The summed E-state index contributed by atoms with van der Waals surface area (Å²) in [7, 11) is 0. The highest BCUT2D eigenvalue weighted by atomic mass is 16.5. The van der Waals surface area contributed by atoms with Crippen LogP contribution >= 0.6 is 0 Å². The average Bonchev–Trinajstić information content (AvgIpc) is 2.55. The number of aromatic nitrogens is 1. The van der Waals surface area contributed by atoms with Gasteiger partial charge in [0.05, 0.1) is 12.7 Å². The number of amides is 1. The Morgan fingerprint density at radius 2 is 2.09 bits per heavy atom. The van der Waals surface area contributed by atoms with Crippen LogP contribution in [0.5, 0.6) is 5.75 Å². The second-order valence-corrected chi connectivity index (χ2v) is 4.67. The molecule has 0 aliphatic carbocycles. The highest BCUT2D eigenvalue weighted by molar-refractivity contribution is 5.93. The maximum Gasteiger partial charge on any atom is 0.243 e. The van der Waals surface area contributed by atoms with Gasteiger partial charge in [-0.15, -0.1) is 0 Å². The van der Waals surface area contributed by atoms with Gasteiger partial charge in [0.25, 0.3) is 0 Å². The van der Waals surface area contributed by atoms with Gasteiger partial charge >= 0.3 is 0 Å². The standard InChI is InChI=1S/C17H17N3O2/c1-2-22-15-8-6-13(7-9-15)11-14(12-18)17(21)20-16-5-3-4-10-19-16/h3-10,14H,2,11H2,1H3,(H,19,20,21). The summed E-state index contributed by atoms with van der Waals surface area (Å²) in [5.74, 6) is 0.104. The number of anilines is 1. The molecular weight excluding hydrogens is 278 g/mol. The van der Waals surface area contributed by atoms with Crippen molar-refractivity contribution in [1.82, 2.24) is 4.98 Å². The third-order valence-corrected chi connectivity index (χ3v) is 3.06. The number of benzene rings is 1. The Morgan fingerprint density at radius 1 is 1.32 bits per heavy atom. The number of rotatable bonds is 6. The molecule has 1 unspecified atom stereocenters. The Balaban J connectivity index is 1.99. The summed E-state index contributed by atoms with van der Waals surface area (Å²) in [5, 5.41) is 11.9. The molecular formula is C17H17N3O2. The van der Waals surface area contributed by atoms with Crippen LogP contribution in [0.4, 0.5) is 5.82 Å². The third-order valence-electron chi connectivity index (χ3n) is 3.06. The van der Waals surface area contributed by atoms with Gasteiger partial charge in [0, 0.05) is 6.20 Å². The highest BCUT2D eigenvalue weighted by Gasteiger charge is 2.19. The van der Waals surface area contributed by atoms with Crippen molar-refractivity contribution in [2.75, 3.05) is 11.9 Å². The molecule has 1 aromatic carbocycles. The molecule has 22 heavy (non-hydrogen) atoms. The molecule has 0 aliphatic rings. The lowest BCUT2D eigenvalue weighted by atomic mass is 10.00. The van der Waals surface area contributed by atoms with E-state index in [4.69, 9.17) is 4.74 Å². The van der Waals surface area contributed by atoms with Gasteiger partial charge in [-0.1, -0.05) is 18.2 Å². The molecule has 1 aromatic heterocycles. The van der Waals surface area contributed by atoms with E-state index in [0.717, 1.165) is 11.3 Å². The van der Waals surface area contributed by atoms with E-state index in [-0.39, 0.29) is 5.91 Å². The minimum absolute atomic E-state index is 0.349. The summed E-state index contributed by atoms with van der Waals surface area (Å²) in [5.41, 5.74) is 0.908. The van der Waals surface area contributed by atoms with E-state index in [9.17, 15) is 10.1 Å². The fraction of sp³-hybridized carbons (Fsp3) is 0.235. The van der Waals surface area contributed by atoms with Crippen LogP contribution in [0, 0.1) is 17.2 Å². The first kappa shape index (κ1) is 15.5. The average molecular weight is 295 g/mol. The van der Waals surface area contributed by atoms with E-state index in [2.05, 4.69) is 10.3 Å². The van der Waals surface area contributed by atoms with Gasteiger partial charge in [-0.2, -0.15) is 5.26 Å². The van der Waals surface area contributed by atoms with E-state index in [1.54, 1.807) is 24.4 Å². The van der Waals surface area contributed by atoms with Crippen LogP contribution in [0.2, 0.25) is 0 Å². The Hall–Kier alpha value is -2.87. The maximum absolute atomic E-state index is 12.1. The van der Waals surface area contributed by atoms with Crippen molar-refractivity contribution in [3.63, 3.8) is 0 Å². The normalized spacial score (nSPS) is 11.3. The molecule has 0 saturated heterocycles. The lowest BCUT2D eigenvalue weighted by Gasteiger charge is -2.10. The van der Waals surface area contributed by atoms with Crippen molar-refractivity contribution >= 4 is 11.7 Å². The Labute approximate surface area is 129 Å². The molecule has 0 fully saturated rings. The van der Waals surface area contributed by atoms with Crippen molar-refractivity contribution in [3.8, 4) is 11.8 Å². The molecule has 0 bridgehead atoms. The quantitative estimate of drug-likeness (QED) is 0.889. The van der Waals surface area contributed by atoms with Crippen LogP contribution in [0.15, 0.2) is 48.7 Å². The van der Waals surface area contributed by atoms with Gasteiger partial charge in [0.1, 0.15) is 17.5 Å². The fourth-order valence-electron chi connectivity index (χ4n) is 1.97. The number of nitriles is 1. The molecule has 1 atom stereocenters. The van der Waals surface area contributed by atoms with Crippen LogP contribution in [0.1, 0.15) is 12.5 Å². The summed E-state index contributed by atoms with van der Waals surface area (Å²) >= 11 is 0. The summed E-state index contributed by atoms with van der Waals surface area (Å²) in [6.07, 6.45) is 1.94. The molecule has 1 heterocycles. The molecule has 0 spiro atoms. The monoisotopic (exact) mass is 295 g/mol. The van der Waals surface area contributed by atoms with Crippen LogP contribution in [-0.4, -0.2) is 17.5 Å². The van der Waals surface area contributed by atoms with Gasteiger partial charge in [0.2, 0.25) is 5.91 Å². The molecule has 2 rings (SSSR count). The molecule has 112 valence electrons. The summed E-state index contributed by atoms with van der Waals surface area (Å²) in [6, 6.07) is 14.7. The number of hydrogen-bond donors (Lipinski definition) is 1. The Morgan fingerprint density at radius 3 is 2.68 bits per heavy atom. The molecule has 0 saturated carbocycles. The lowest BCUT2D eigenvalue weighted by molar-refractivity contribution is -0.118. The van der Waals surface area contributed by atoms with Crippen LogP contribution in [0.25, 0.3) is 0 Å². The van der Waals surface area contributed by atoms with Gasteiger partial charge < -0.3 is 10.1 Å². The Bertz CT molecular complexity index is 648. The minimum atomic E-state index is -0.764. The number of nitrogens with zero attached hydrogens (tertiary/aromatic N) is 2. The second-order valence-electron chi connectivity index (χ2n) is 4.67. The molecule has 1 amide bonds. The van der Waals surface area contributed by atoms with Gasteiger partial charge in [-0.25, -0.2) is 4.98 Å². The SMILES string of the molecule is CCOc1ccc(CC(C#N)C(=O)Nc2ccccn2)cc1. The number of nitrogens with one attached hydrogen (secondary N) is 1. The van der Waals surface area contributed by atoms with Crippen molar-refractivity contribution < 1.29 is 9.53 Å². The topological polar surface area (TPSA) is 75.0 Å². The number of pyridine rings is 1. The Kier molecular flexibility index (Phi) is 5.50. The van der Waals surface area contributed by atoms with Crippen LogP contribution < -0.4 is 10.1 Å².